The van der Waals surface area contributed by atoms with Crippen molar-refractivity contribution in [2.24, 2.45) is 0 Å². The maximum Gasteiger partial charge on any atom is 0.225 e. The average molecular weight is 346 g/mol. The summed E-state index contributed by atoms with van der Waals surface area (Å²) in [4.78, 5) is 11.7. The summed E-state index contributed by atoms with van der Waals surface area (Å²) in [6.45, 7) is 0. The van der Waals surface area contributed by atoms with Crippen molar-refractivity contribution in [1.82, 2.24) is 15.0 Å². The van der Waals surface area contributed by atoms with Crippen molar-refractivity contribution in [2.75, 3.05) is 0 Å². The zero-order chi connectivity index (χ0) is 17.3. The number of hydrogen-bond donors (Lipinski definition) is 0. The normalized spacial score (nSPS) is 9.80. The zero-order valence-electron chi connectivity index (χ0n) is 13.5. The topological polar surface area (TPSA) is 38.7 Å². The molecule has 0 fully saturated rings. The molecule has 0 aliphatic heterocycles. The minimum Gasteiger partial charge on any atom is -0.216 e. The Morgan fingerprint density at radius 3 is 1.40 bits per heavy atom. The zero-order valence-corrected chi connectivity index (χ0v) is 14.2. The molecular weight excluding hydrogens is 330 g/mol. The van der Waals surface area contributed by atoms with Gasteiger partial charge in [0.1, 0.15) is 6.33 Å². The van der Waals surface area contributed by atoms with Gasteiger partial charge in [0, 0.05) is 5.56 Å². The molecule has 1 aromatic heterocycles. The van der Waals surface area contributed by atoms with Gasteiger partial charge in [0.25, 0.3) is 0 Å². The van der Waals surface area contributed by atoms with E-state index in [0.717, 1.165) is 5.56 Å². The summed E-state index contributed by atoms with van der Waals surface area (Å²) >= 11 is 5.63. The number of aromatic nitrogens is 3. The second-order valence-corrected chi connectivity index (χ2v) is 5.51. The molecule has 3 aromatic carbocycles. The van der Waals surface area contributed by atoms with Gasteiger partial charge < -0.3 is 0 Å². The molecule has 4 aromatic rings. The minimum absolute atomic E-state index is 0.217. The summed E-state index contributed by atoms with van der Waals surface area (Å²) in [5.74, 6) is 0.598. The first-order chi connectivity index (χ1) is 12.3. The van der Waals surface area contributed by atoms with Gasteiger partial charge in [0.15, 0.2) is 5.82 Å². The Balaban J connectivity index is 0.000000146. The molecule has 0 N–H and O–H groups in total. The third-order valence-corrected chi connectivity index (χ3v) is 3.64. The summed E-state index contributed by atoms with van der Waals surface area (Å²) < 4.78 is 0. The fourth-order valence-corrected chi connectivity index (χ4v) is 2.39. The first-order valence-electron chi connectivity index (χ1n) is 7.83. The molecular formula is C21H16ClN3. The van der Waals surface area contributed by atoms with Crippen LogP contribution >= 0.6 is 11.6 Å². The number of nitrogens with zero attached hydrogens (tertiary/aromatic N) is 3. The van der Waals surface area contributed by atoms with E-state index >= 15 is 0 Å². The van der Waals surface area contributed by atoms with E-state index in [1.54, 1.807) is 0 Å². The molecule has 0 amide bonds. The van der Waals surface area contributed by atoms with Crippen LogP contribution in [0.1, 0.15) is 0 Å². The van der Waals surface area contributed by atoms with Gasteiger partial charge in [-0.25, -0.2) is 9.97 Å². The number of benzene rings is 3. The Morgan fingerprint density at radius 1 is 0.520 bits per heavy atom. The van der Waals surface area contributed by atoms with E-state index in [0.29, 0.717) is 5.82 Å². The molecule has 0 spiro atoms. The summed E-state index contributed by atoms with van der Waals surface area (Å²) in [5, 5.41) is 0.217. The van der Waals surface area contributed by atoms with Crippen molar-refractivity contribution in [2.45, 2.75) is 0 Å². The maximum absolute atomic E-state index is 5.63. The van der Waals surface area contributed by atoms with Gasteiger partial charge in [0.05, 0.1) is 0 Å². The smallest absolute Gasteiger partial charge is 0.216 e. The molecule has 0 atom stereocenters. The molecule has 4 heteroatoms. The molecule has 25 heavy (non-hydrogen) atoms. The molecule has 3 nitrogen and oxygen atoms in total. The molecule has 0 bridgehead atoms. The molecule has 122 valence electrons. The highest BCUT2D eigenvalue weighted by atomic mass is 35.5. The predicted octanol–water partition coefficient (Wildman–Crippen LogP) is 5.55. The summed E-state index contributed by atoms with van der Waals surface area (Å²) in [7, 11) is 0. The second-order valence-electron chi connectivity index (χ2n) is 5.18. The van der Waals surface area contributed by atoms with E-state index in [1.807, 2.05) is 42.5 Å². The summed E-state index contributed by atoms with van der Waals surface area (Å²) in [6, 6.07) is 30.4. The van der Waals surface area contributed by atoms with E-state index < -0.39 is 0 Å². The first kappa shape index (κ1) is 16.8. The van der Waals surface area contributed by atoms with Gasteiger partial charge in [-0.05, 0) is 22.7 Å². The van der Waals surface area contributed by atoms with E-state index in [1.165, 1.54) is 17.5 Å². The predicted molar refractivity (Wildman–Crippen MR) is 102 cm³/mol. The SMILES string of the molecule is Clc1ncnc(-c2ccccc2)n1.c1ccc(-c2ccccc2)cc1. The number of halogens is 1. The Hall–Kier alpha value is -3.04. The Kier molecular flexibility index (Phi) is 5.86. The molecule has 0 aliphatic rings. The van der Waals surface area contributed by atoms with Crippen LogP contribution in [0, 0.1) is 0 Å². The van der Waals surface area contributed by atoms with Crippen molar-refractivity contribution >= 4 is 11.6 Å². The standard InChI is InChI=1S/C12H10.C9H6ClN3/c1-3-7-11(8-4-1)12-9-5-2-6-10-12;10-9-12-6-11-8(13-9)7-4-2-1-3-5-7/h1-10H;1-6H. The van der Waals surface area contributed by atoms with Gasteiger partial charge in [-0.1, -0.05) is 91.0 Å². The average Bonchev–Trinajstić information content (AvgIpc) is 2.71. The van der Waals surface area contributed by atoms with Gasteiger partial charge in [-0.15, -0.1) is 0 Å². The van der Waals surface area contributed by atoms with Crippen LogP contribution in [-0.2, 0) is 0 Å². The summed E-state index contributed by atoms with van der Waals surface area (Å²) in [6.07, 6.45) is 1.40. The van der Waals surface area contributed by atoms with Crippen LogP contribution in [0.15, 0.2) is 97.3 Å². The van der Waals surface area contributed by atoms with Crippen molar-refractivity contribution in [3.63, 3.8) is 0 Å². The van der Waals surface area contributed by atoms with Crippen LogP contribution in [0.2, 0.25) is 5.28 Å². The Labute approximate surface area is 152 Å². The lowest BCUT2D eigenvalue weighted by atomic mass is 10.1. The molecule has 0 saturated carbocycles. The highest BCUT2D eigenvalue weighted by Gasteiger charge is 2.00. The highest BCUT2D eigenvalue weighted by Crippen LogP contribution is 2.17. The highest BCUT2D eigenvalue weighted by molar-refractivity contribution is 6.28. The monoisotopic (exact) mass is 345 g/mol. The fraction of sp³-hybridized carbons (Fsp3) is 0. The molecule has 1 heterocycles. The molecule has 0 unspecified atom stereocenters. The summed E-state index contributed by atoms with van der Waals surface area (Å²) in [5.41, 5.74) is 3.49. The van der Waals surface area contributed by atoms with Crippen molar-refractivity contribution < 1.29 is 0 Å². The second kappa shape index (κ2) is 8.71. The van der Waals surface area contributed by atoms with Crippen LogP contribution in [0.5, 0.6) is 0 Å². The van der Waals surface area contributed by atoms with Crippen LogP contribution in [0.25, 0.3) is 22.5 Å². The number of rotatable bonds is 2. The van der Waals surface area contributed by atoms with Crippen molar-refractivity contribution in [3.05, 3.63) is 103 Å². The van der Waals surface area contributed by atoms with E-state index in [4.69, 9.17) is 11.6 Å². The molecule has 0 radical (unpaired) electrons. The third kappa shape index (κ3) is 4.96. The number of hydrogen-bond acceptors (Lipinski definition) is 3. The van der Waals surface area contributed by atoms with Crippen LogP contribution in [0.3, 0.4) is 0 Å². The van der Waals surface area contributed by atoms with Crippen LogP contribution < -0.4 is 0 Å². The fourth-order valence-electron chi connectivity index (χ4n) is 2.26. The third-order valence-electron chi connectivity index (χ3n) is 3.46. The molecule has 0 aliphatic carbocycles. The Morgan fingerprint density at radius 2 is 0.960 bits per heavy atom. The first-order valence-corrected chi connectivity index (χ1v) is 8.21. The molecule has 4 rings (SSSR count). The lowest BCUT2D eigenvalue weighted by molar-refractivity contribution is 1.06. The van der Waals surface area contributed by atoms with Gasteiger partial charge in [0.2, 0.25) is 5.28 Å². The lowest BCUT2D eigenvalue weighted by Gasteiger charge is -1.98. The Bertz CT molecular complexity index is 860. The maximum atomic E-state index is 5.63. The quantitative estimate of drug-likeness (QED) is 0.478. The van der Waals surface area contributed by atoms with Gasteiger partial charge >= 0.3 is 0 Å². The van der Waals surface area contributed by atoms with Crippen LogP contribution in [0.4, 0.5) is 0 Å². The van der Waals surface area contributed by atoms with E-state index in [2.05, 4.69) is 63.5 Å². The van der Waals surface area contributed by atoms with Crippen LogP contribution in [-0.4, -0.2) is 15.0 Å². The largest absolute Gasteiger partial charge is 0.225 e. The van der Waals surface area contributed by atoms with Crippen molar-refractivity contribution in [1.29, 1.82) is 0 Å². The van der Waals surface area contributed by atoms with E-state index in [-0.39, 0.29) is 5.28 Å². The lowest BCUT2D eigenvalue weighted by Crippen LogP contribution is -1.90. The van der Waals surface area contributed by atoms with Gasteiger partial charge in [-0.3, -0.25) is 0 Å². The van der Waals surface area contributed by atoms with Crippen molar-refractivity contribution in [3.8, 4) is 22.5 Å². The molecule has 0 saturated heterocycles. The van der Waals surface area contributed by atoms with E-state index in [9.17, 15) is 0 Å². The van der Waals surface area contributed by atoms with Gasteiger partial charge in [-0.2, -0.15) is 4.98 Å². The minimum atomic E-state index is 0.217.